The number of amides is 1. The molecule has 9 heteroatoms. The summed E-state index contributed by atoms with van der Waals surface area (Å²) >= 11 is 0. The zero-order valence-electron chi connectivity index (χ0n) is 21.3. The molecule has 0 radical (unpaired) electrons. The van der Waals surface area contributed by atoms with Crippen molar-refractivity contribution in [3.8, 4) is 5.75 Å². The van der Waals surface area contributed by atoms with Crippen LogP contribution >= 0.6 is 0 Å². The van der Waals surface area contributed by atoms with Gasteiger partial charge in [-0.05, 0) is 44.5 Å². The predicted molar refractivity (Wildman–Crippen MR) is 140 cm³/mol. The Bertz CT molecular complexity index is 1060. The van der Waals surface area contributed by atoms with Crippen LogP contribution in [0.2, 0.25) is 0 Å². The molecule has 1 atom stereocenters. The lowest BCUT2D eigenvalue weighted by atomic mass is 10.0. The maximum Gasteiger partial charge on any atom is 0.249 e. The number of likely N-dealkylation sites (N-methyl/N-ethyl adjacent to an activating group) is 2. The second-order valence-corrected chi connectivity index (χ2v) is 9.87. The van der Waals surface area contributed by atoms with E-state index in [0.29, 0.717) is 12.0 Å². The molecule has 1 aromatic heterocycles. The van der Waals surface area contributed by atoms with E-state index in [9.17, 15) is 4.79 Å². The molecule has 5 rings (SSSR count). The molecule has 0 bridgehead atoms. The van der Waals surface area contributed by atoms with Gasteiger partial charge in [-0.3, -0.25) is 4.79 Å². The molecule has 1 amide bonds. The van der Waals surface area contributed by atoms with Crippen molar-refractivity contribution in [1.82, 2.24) is 14.9 Å². The molecule has 1 aliphatic carbocycles. The van der Waals surface area contributed by atoms with Crippen LogP contribution in [-0.4, -0.2) is 80.2 Å². The third-order valence-electron chi connectivity index (χ3n) is 7.71. The second kappa shape index (κ2) is 9.89. The summed E-state index contributed by atoms with van der Waals surface area (Å²) in [7, 11) is 5.67. The number of rotatable bonds is 6. The lowest BCUT2D eigenvalue weighted by Gasteiger charge is -2.43. The van der Waals surface area contributed by atoms with Crippen LogP contribution in [-0.2, 0) is 4.79 Å². The number of nitrogens with zero attached hydrogens (tertiary/aromatic N) is 6. The third kappa shape index (κ3) is 4.49. The molecule has 35 heavy (non-hydrogen) atoms. The monoisotopic (exact) mass is 479 g/mol. The minimum atomic E-state index is -0.187. The minimum Gasteiger partial charge on any atom is -0.495 e. The van der Waals surface area contributed by atoms with Gasteiger partial charge in [0.1, 0.15) is 17.5 Å². The summed E-state index contributed by atoms with van der Waals surface area (Å²) in [5, 5.41) is 3.42. The number of aromatic nitrogens is 2. The first-order valence-electron chi connectivity index (χ1n) is 12.8. The fourth-order valence-electron chi connectivity index (χ4n) is 5.62. The average molecular weight is 480 g/mol. The van der Waals surface area contributed by atoms with Gasteiger partial charge in [-0.15, -0.1) is 0 Å². The number of nitrogens with one attached hydrogen (secondary N) is 1. The van der Waals surface area contributed by atoms with Crippen molar-refractivity contribution < 1.29 is 9.53 Å². The molecule has 1 saturated heterocycles. The third-order valence-corrected chi connectivity index (χ3v) is 7.71. The Morgan fingerprint density at radius 3 is 2.54 bits per heavy atom. The fraction of sp³-hybridized carbons (Fsp3) is 0.577. The number of anilines is 5. The van der Waals surface area contributed by atoms with E-state index in [1.54, 1.807) is 18.2 Å². The van der Waals surface area contributed by atoms with Crippen molar-refractivity contribution >= 4 is 34.7 Å². The van der Waals surface area contributed by atoms with Gasteiger partial charge in [-0.25, -0.2) is 4.98 Å². The highest BCUT2D eigenvalue weighted by molar-refractivity contribution is 6.04. The maximum atomic E-state index is 13.1. The highest BCUT2D eigenvalue weighted by atomic mass is 16.5. The molecule has 1 aromatic carbocycles. The lowest BCUT2D eigenvalue weighted by Crippen LogP contribution is -2.55. The predicted octanol–water partition coefficient (Wildman–Crippen LogP) is 3.48. The average Bonchev–Trinajstić information content (AvgIpc) is 3.41. The van der Waals surface area contributed by atoms with Crippen LogP contribution in [0, 0.1) is 0 Å². The van der Waals surface area contributed by atoms with Crippen LogP contribution in [0.5, 0.6) is 5.75 Å². The molecule has 3 heterocycles. The van der Waals surface area contributed by atoms with Gasteiger partial charge in [0, 0.05) is 45.0 Å². The van der Waals surface area contributed by atoms with Crippen LogP contribution in [0.3, 0.4) is 0 Å². The van der Waals surface area contributed by atoms with Crippen LogP contribution in [0.25, 0.3) is 0 Å². The highest BCUT2D eigenvalue weighted by Gasteiger charge is 2.41. The first-order valence-corrected chi connectivity index (χ1v) is 12.8. The van der Waals surface area contributed by atoms with E-state index in [2.05, 4.69) is 51.1 Å². The van der Waals surface area contributed by atoms with Crippen LogP contribution < -0.4 is 24.8 Å². The van der Waals surface area contributed by atoms with Crippen molar-refractivity contribution in [3.05, 3.63) is 24.4 Å². The van der Waals surface area contributed by atoms with Crippen molar-refractivity contribution in [2.24, 2.45) is 0 Å². The normalized spacial score (nSPS) is 21.4. The van der Waals surface area contributed by atoms with E-state index in [-0.39, 0.29) is 11.9 Å². The molecule has 1 unspecified atom stereocenters. The zero-order valence-corrected chi connectivity index (χ0v) is 21.3. The highest BCUT2D eigenvalue weighted by Crippen LogP contribution is 2.40. The molecule has 0 spiro atoms. The molecule has 3 aliphatic rings. The molecule has 2 aliphatic heterocycles. The summed E-state index contributed by atoms with van der Waals surface area (Å²) in [4.78, 5) is 31.4. The quantitative estimate of drug-likeness (QED) is 0.675. The molecule has 2 aromatic rings. The molecular weight excluding hydrogens is 442 g/mol. The second-order valence-electron chi connectivity index (χ2n) is 9.87. The van der Waals surface area contributed by atoms with E-state index in [1.165, 1.54) is 12.8 Å². The van der Waals surface area contributed by atoms with Crippen molar-refractivity contribution in [1.29, 1.82) is 0 Å². The topological polar surface area (TPSA) is 77.1 Å². The van der Waals surface area contributed by atoms with Crippen LogP contribution in [0.1, 0.15) is 39.0 Å². The summed E-state index contributed by atoms with van der Waals surface area (Å²) in [5.74, 6) is 2.23. The number of hydrogen-bond donors (Lipinski definition) is 1. The largest absolute Gasteiger partial charge is 0.495 e. The van der Waals surface area contributed by atoms with Crippen LogP contribution in [0.15, 0.2) is 24.4 Å². The standard InChI is InChI=1S/C26H37N7O2/c1-5-21-25(34)31(3)22-17-27-26(29-24(22)33(21)18-8-6-7-9-18)28-20-16-19(10-11-23(20)35-4)32-14-12-30(2)13-15-32/h10-11,16-18,21H,5-9,12-15H2,1-4H3,(H,27,28,29). The lowest BCUT2D eigenvalue weighted by molar-refractivity contribution is -0.120. The first kappa shape index (κ1) is 23.7. The minimum absolute atomic E-state index is 0.123. The van der Waals surface area contributed by atoms with Gasteiger partial charge in [0.2, 0.25) is 11.9 Å². The van der Waals surface area contributed by atoms with Crippen molar-refractivity contribution in [2.45, 2.75) is 51.1 Å². The summed E-state index contributed by atoms with van der Waals surface area (Å²) < 4.78 is 5.65. The van der Waals surface area contributed by atoms with Gasteiger partial charge < -0.3 is 29.7 Å². The number of ether oxygens (including phenoxy) is 1. The maximum absolute atomic E-state index is 13.1. The number of hydrogen-bond acceptors (Lipinski definition) is 8. The summed E-state index contributed by atoms with van der Waals surface area (Å²) in [6.45, 7) is 6.16. The summed E-state index contributed by atoms with van der Waals surface area (Å²) in [6, 6.07) is 6.38. The SMILES string of the molecule is CCC1C(=O)N(C)c2cnc(Nc3cc(N4CCN(C)CC4)ccc3OC)nc2N1C1CCCC1. The Labute approximate surface area is 208 Å². The molecule has 9 nitrogen and oxygen atoms in total. The Hall–Kier alpha value is -3.07. The molecule has 1 N–H and O–H groups in total. The Morgan fingerprint density at radius 1 is 1.11 bits per heavy atom. The van der Waals surface area contributed by atoms with E-state index in [0.717, 1.165) is 74.1 Å². The molecule has 1 saturated carbocycles. The van der Waals surface area contributed by atoms with Gasteiger partial charge >= 0.3 is 0 Å². The van der Waals surface area contributed by atoms with Crippen molar-refractivity contribution in [3.63, 3.8) is 0 Å². The fourth-order valence-corrected chi connectivity index (χ4v) is 5.62. The number of benzene rings is 1. The van der Waals surface area contributed by atoms with E-state index < -0.39 is 0 Å². The molecular formula is C26H37N7O2. The van der Waals surface area contributed by atoms with Gasteiger partial charge in [-0.1, -0.05) is 19.8 Å². The van der Waals surface area contributed by atoms with Crippen LogP contribution in [0.4, 0.5) is 28.8 Å². The molecule has 2 fully saturated rings. The Morgan fingerprint density at radius 2 is 1.86 bits per heavy atom. The van der Waals surface area contributed by atoms with Crippen molar-refractivity contribution in [2.75, 3.05) is 67.4 Å². The Kier molecular flexibility index (Phi) is 6.69. The van der Waals surface area contributed by atoms with Gasteiger partial charge in [0.05, 0.1) is 19.0 Å². The molecule has 188 valence electrons. The number of carbonyl (C=O) groups excluding carboxylic acids is 1. The van der Waals surface area contributed by atoms with Gasteiger partial charge in [0.25, 0.3) is 0 Å². The van der Waals surface area contributed by atoms with E-state index in [1.807, 2.05) is 13.1 Å². The smallest absolute Gasteiger partial charge is 0.249 e. The van der Waals surface area contributed by atoms with E-state index in [4.69, 9.17) is 9.72 Å². The number of methoxy groups -OCH3 is 1. The number of piperazine rings is 1. The van der Waals surface area contributed by atoms with Gasteiger partial charge in [-0.2, -0.15) is 4.98 Å². The van der Waals surface area contributed by atoms with Gasteiger partial charge in [0.15, 0.2) is 5.82 Å². The zero-order chi connectivity index (χ0) is 24.5. The summed E-state index contributed by atoms with van der Waals surface area (Å²) in [5.41, 5.74) is 2.77. The first-order chi connectivity index (χ1) is 17.0. The Balaban J connectivity index is 1.47. The number of carbonyl (C=O) groups is 1. The van der Waals surface area contributed by atoms with E-state index >= 15 is 0 Å². The summed E-state index contributed by atoms with van der Waals surface area (Å²) in [6.07, 6.45) is 7.12. The number of fused-ring (bicyclic) bond motifs is 1.